The molecule has 0 spiro atoms. The van der Waals surface area contributed by atoms with Crippen LogP contribution >= 0.6 is 0 Å². The Kier molecular flexibility index (Phi) is 4.31. The van der Waals surface area contributed by atoms with Gasteiger partial charge in [0.05, 0.1) is 14.1 Å². The summed E-state index contributed by atoms with van der Waals surface area (Å²) in [5.41, 5.74) is 0. The maximum absolute atomic E-state index is 10.6. The third kappa shape index (κ3) is 6.94. The second-order valence-corrected chi connectivity index (χ2v) is 5.31. The second-order valence-electron chi connectivity index (χ2n) is 3.89. The predicted molar refractivity (Wildman–Crippen MR) is 49.7 cm³/mol. The lowest BCUT2D eigenvalue weighted by atomic mass is 10.2. The lowest BCUT2D eigenvalue weighted by molar-refractivity contribution is -0.881. The summed E-state index contributed by atoms with van der Waals surface area (Å²) < 4.78 is 29.8. The van der Waals surface area contributed by atoms with Crippen molar-refractivity contribution in [2.45, 2.75) is 19.4 Å². The SMILES string of the molecule is CCC(O)C[N+](C)(C)CS(=O)(=O)O. The van der Waals surface area contributed by atoms with Gasteiger partial charge in [-0.1, -0.05) is 6.92 Å². The van der Waals surface area contributed by atoms with E-state index in [-0.39, 0.29) is 10.4 Å². The summed E-state index contributed by atoms with van der Waals surface area (Å²) in [6.45, 7) is 2.13. The van der Waals surface area contributed by atoms with Gasteiger partial charge in [0.15, 0.2) is 0 Å². The van der Waals surface area contributed by atoms with Crippen LogP contribution in [0.25, 0.3) is 0 Å². The molecule has 80 valence electrons. The molecule has 0 aromatic carbocycles. The number of likely N-dealkylation sites (N-methyl/N-ethyl adjacent to an activating group) is 1. The van der Waals surface area contributed by atoms with E-state index >= 15 is 0 Å². The zero-order valence-corrected chi connectivity index (χ0v) is 9.08. The topological polar surface area (TPSA) is 74.6 Å². The predicted octanol–water partition coefficient (Wildman–Crippen LogP) is -0.321. The Balaban J connectivity index is 4.24. The van der Waals surface area contributed by atoms with Crippen LogP contribution in [0.3, 0.4) is 0 Å². The van der Waals surface area contributed by atoms with Crippen molar-refractivity contribution in [3.8, 4) is 0 Å². The lowest BCUT2D eigenvalue weighted by Crippen LogP contribution is -2.48. The van der Waals surface area contributed by atoms with Gasteiger partial charge in [0.1, 0.15) is 12.6 Å². The minimum absolute atomic E-state index is 0.0633. The van der Waals surface area contributed by atoms with E-state index in [0.717, 1.165) is 0 Å². The molecule has 0 radical (unpaired) electrons. The maximum Gasteiger partial charge on any atom is 0.316 e. The zero-order chi connectivity index (χ0) is 10.7. The molecule has 0 bridgehead atoms. The molecule has 0 aliphatic heterocycles. The molecule has 13 heavy (non-hydrogen) atoms. The molecule has 0 rings (SSSR count). The van der Waals surface area contributed by atoms with Gasteiger partial charge in [0.25, 0.3) is 0 Å². The van der Waals surface area contributed by atoms with Crippen molar-refractivity contribution >= 4 is 10.1 Å². The van der Waals surface area contributed by atoms with E-state index in [2.05, 4.69) is 0 Å². The van der Waals surface area contributed by atoms with Gasteiger partial charge in [-0.3, -0.25) is 4.55 Å². The molecule has 1 unspecified atom stereocenters. The first-order chi connectivity index (χ1) is 5.66. The van der Waals surface area contributed by atoms with Crippen LogP contribution in [0.1, 0.15) is 13.3 Å². The Morgan fingerprint density at radius 2 is 1.85 bits per heavy atom. The van der Waals surface area contributed by atoms with Crippen LogP contribution in [0.2, 0.25) is 0 Å². The highest BCUT2D eigenvalue weighted by Crippen LogP contribution is 2.04. The van der Waals surface area contributed by atoms with E-state index in [1.54, 1.807) is 14.1 Å². The molecule has 0 heterocycles. The van der Waals surface area contributed by atoms with E-state index in [9.17, 15) is 13.5 Å². The Morgan fingerprint density at radius 1 is 1.38 bits per heavy atom. The smallest absolute Gasteiger partial charge is 0.316 e. The Bertz CT molecular complexity index is 247. The van der Waals surface area contributed by atoms with Crippen molar-refractivity contribution < 1.29 is 22.6 Å². The third-order valence-electron chi connectivity index (χ3n) is 1.69. The average Bonchev–Trinajstić information content (AvgIpc) is 1.80. The lowest BCUT2D eigenvalue weighted by Gasteiger charge is -2.29. The van der Waals surface area contributed by atoms with Crippen molar-refractivity contribution in [2.75, 3.05) is 26.5 Å². The largest absolute Gasteiger partial charge is 0.387 e. The van der Waals surface area contributed by atoms with Crippen LogP contribution < -0.4 is 0 Å². The Hall–Kier alpha value is -0.170. The van der Waals surface area contributed by atoms with Crippen LogP contribution in [0.4, 0.5) is 0 Å². The van der Waals surface area contributed by atoms with Crippen LogP contribution in [0, 0.1) is 0 Å². The molecule has 0 aromatic heterocycles. The fraction of sp³-hybridized carbons (Fsp3) is 1.00. The highest BCUT2D eigenvalue weighted by atomic mass is 32.2. The van der Waals surface area contributed by atoms with Crippen molar-refractivity contribution in [1.82, 2.24) is 0 Å². The van der Waals surface area contributed by atoms with Gasteiger partial charge < -0.3 is 9.59 Å². The molecule has 0 amide bonds. The van der Waals surface area contributed by atoms with Gasteiger partial charge in [0.2, 0.25) is 5.88 Å². The summed E-state index contributed by atoms with van der Waals surface area (Å²) in [4.78, 5) is 0. The Morgan fingerprint density at radius 3 is 2.15 bits per heavy atom. The molecule has 2 N–H and O–H groups in total. The molecule has 6 heteroatoms. The van der Waals surface area contributed by atoms with Crippen LogP contribution in [-0.2, 0) is 10.1 Å². The molecule has 0 saturated carbocycles. The first-order valence-electron chi connectivity index (χ1n) is 4.11. The maximum atomic E-state index is 10.6. The molecule has 0 fully saturated rings. The van der Waals surface area contributed by atoms with E-state index < -0.39 is 16.2 Å². The third-order valence-corrected chi connectivity index (χ3v) is 2.71. The highest BCUT2D eigenvalue weighted by Gasteiger charge is 2.25. The monoisotopic (exact) mass is 212 g/mol. The highest BCUT2D eigenvalue weighted by molar-refractivity contribution is 7.85. The van der Waals surface area contributed by atoms with Gasteiger partial charge in [-0.2, -0.15) is 8.42 Å². The zero-order valence-electron chi connectivity index (χ0n) is 8.27. The summed E-state index contributed by atoms with van der Waals surface area (Å²) in [7, 11) is -0.684. The van der Waals surface area contributed by atoms with Crippen LogP contribution in [0.15, 0.2) is 0 Å². The van der Waals surface area contributed by atoms with E-state index in [1.165, 1.54) is 0 Å². The minimum atomic E-state index is -3.97. The van der Waals surface area contributed by atoms with Gasteiger partial charge >= 0.3 is 10.1 Å². The van der Waals surface area contributed by atoms with Crippen molar-refractivity contribution in [2.24, 2.45) is 0 Å². The summed E-state index contributed by atoms with van der Waals surface area (Å²) >= 11 is 0. The molecule has 0 aliphatic rings. The van der Waals surface area contributed by atoms with Crippen LogP contribution in [-0.4, -0.2) is 55.2 Å². The normalized spacial score (nSPS) is 15.8. The molecule has 0 aromatic rings. The van der Waals surface area contributed by atoms with Gasteiger partial charge in [-0.25, -0.2) is 0 Å². The first-order valence-corrected chi connectivity index (χ1v) is 5.72. The summed E-state index contributed by atoms with van der Waals surface area (Å²) in [6.07, 6.45) is 0.0458. The van der Waals surface area contributed by atoms with Gasteiger partial charge in [-0.05, 0) is 6.42 Å². The van der Waals surface area contributed by atoms with Gasteiger partial charge in [-0.15, -0.1) is 0 Å². The quantitative estimate of drug-likeness (QED) is 0.484. The number of nitrogens with zero attached hydrogens (tertiary/aromatic N) is 1. The number of rotatable bonds is 5. The van der Waals surface area contributed by atoms with Gasteiger partial charge in [0, 0.05) is 0 Å². The molecular formula is C7H18NO4S+. The first kappa shape index (κ1) is 12.8. The standard InChI is InChI=1S/C7H17NO4S/c1-4-7(9)5-8(2,3)6-13(10,11)12/h7,9H,4-6H2,1-3H3/p+1. The van der Waals surface area contributed by atoms with Crippen molar-refractivity contribution in [1.29, 1.82) is 0 Å². The van der Waals surface area contributed by atoms with E-state index in [0.29, 0.717) is 13.0 Å². The number of hydrogen-bond donors (Lipinski definition) is 2. The van der Waals surface area contributed by atoms with E-state index in [1.807, 2.05) is 6.92 Å². The summed E-state index contributed by atoms with van der Waals surface area (Å²) in [5, 5.41) is 9.30. The summed E-state index contributed by atoms with van der Waals surface area (Å²) in [6, 6.07) is 0. The second kappa shape index (κ2) is 4.36. The van der Waals surface area contributed by atoms with Crippen LogP contribution in [0.5, 0.6) is 0 Å². The number of aliphatic hydroxyl groups excluding tert-OH is 1. The minimum Gasteiger partial charge on any atom is -0.387 e. The van der Waals surface area contributed by atoms with E-state index in [4.69, 9.17) is 4.55 Å². The van der Waals surface area contributed by atoms with Crippen molar-refractivity contribution in [3.63, 3.8) is 0 Å². The molecule has 1 atom stereocenters. The molecule has 5 nitrogen and oxygen atoms in total. The molecule has 0 aliphatic carbocycles. The number of hydrogen-bond acceptors (Lipinski definition) is 3. The Labute approximate surface area is 79.3 Å². The summed E-state index contributed by atoms with van der Waals surface area (Å²) in [5.74, 6) is -0.371. The molecular weight excluding hydrogens is 194 g/mol. The fourth-order valence-electron chi connectivity index (χ4n) is 1.19. The fourth-order valence-corrected chi connectivity index (χ4v) is 2.18. The molecule has 0 saturated heterocycles. The van der Waals surface area contributed by atoms with Crippen molar-refractivity contribution in [3.05, 3.63) is 0 Å². The number of aliphatic hydroxyl groups is 1. The average molecular weight is 212 g/mol. The number of quaternary nitrogens is 1.